The first kappa shape index (κ1) is 12.4. The van der Waals surface area contributed by atoms with Crippen molar-refractivity contribution in [1.82, 2.24) is 9.97 Å². The van der Waals surface area contributed by atoms with E-state index in [1.54, 1.807) is 11.8 Å². The second-order valence-electron chi connectivity index (χ2n) is 3.67. The lowest BCUT2D eigenvalue weighted by Crippen LogP contribution is -1.93. The van der Waals surface area contributed by atoms with Crippen molar-refractivity contribution in [2.24, 2.45) is 0 Å². The molecule has 2 aromatic rings. The van der Waals surface area contributed by atoms with Crippen LogP contribution in [0, 0.1) is 6.92 Å². The quantitative estimate of drug-likeness (QED) is 0.536. The Bertz CT molecular complexity index is 514. The highest BCUT2D eigenvalue weighted by atomic mass is 79.9. The normalized spacial score (nSPS) is 10.5. The number of hydrogen-bond acceptors (Lipinski definition) is 4. The predicted octanol–water partition coefficient (Wildman–Crippen LogP) is 3.42. The molecule has 2 N–H and O–H groups in total. The van der Waals surface area contributed by atoms with Gasteiger partial charge in [-0.15, -0.1) is 0 Å². The molecule has 0 radical (unpaired) electrons. The van der Waals surface area contributed by atoms with Crippen LogP contribution in [0.25, 0.3) is 0 Å². The Morgan fingerprint density at radius 3 is 2.65 bits per heavy atom. The lowest BCUT2D eigenvalue weighted by atomic mass is 10.2. The van der Waals surface area contributed by atoms with Gasteiger partial charge < -0.3 is 5.73 Å². The zero-order chi connectivity index (χ0) is 12.3. The van der Waals surface area contributed by atoms with Gasteiger partial charge in [0.15, 0.2) is 5.16 Å². The van der Waals surface area contributed by atoms with Crippen LogP contribution in [0.5, 0.6) is 0 Å². The van der Waals surface area contributed by atoms with Crippen molar-refractivity contribution in [3.63, 3.8) is 0 Å². The lowest BCUT2D eigenvalue weighted by molar-refractivity contribution is 0.949. The molecule has 0 atom stereocenters. The number of thioether (sulfide) groups is 1. The number of halogens is 1. The summed E-state index contributed by atoms with van der Waals surface area (Å²) in [6, 6.07) is 5.91. The van der Waals surface area contributed by atoms with Crippen LogP contribution in [-0.4, -0.2) is 9.97 Å². The average molecular weight is 310 g/mol. The van der Waals surface area contributed by atoms with Crippen molar-refractivity contribution in [2.45, 2.75) is 17.8 Å². The molecule has 0 spiro atoms. The van der Waals surface area contributed by atoms with Gasteiger partial charge in [-0.1, -0.05) is 33.8 Å². The summed E-state index contributed by atoms with van der Waals surface area (Å²) in [6.07, 6.45) is 3.64. The van der Waals surface area contributed by atoms with E-state index in [9.17, 15) is 0 Å². The van der Waals surface area contributed by atoms with Gasteiger partial charge in [0.1, 0.15) is 0 Å². The Balaban J connectivity index is 2.04. The van der Waals surface area contributed by atoms with E-state index in [1.807, 2.05) is 37.5 Å². The first-order chi connectivity index (χ1) is 8.15. The smallest absolute Gasteiger partial charge is 0.187 e. The summed E-state index contributed by atoms with van der Waals surface area (Å²) < 4.78 is 0.996. The molecule has 88 valence electrons. The minimum Gasteiger partial charge on any atom is -0.398 e. The van der Waals surface area contributed by atoms with Gasteiger partial charge in [-0.25, -0.2) is 9.97 Å². The van der Waals surface area contributed by atoms with Crippen molar-refractivity contribution in [3.05, 3.63) is 46.2 Å². The summed E-state index contributed by atoms with van der Waals surface area (Å²) in [4.78, 5) is 8.48. The Hall–Kier alpha value is -1.07. The number of benzene rings is 1. The van der Waals surface area contributed by atoms with Crippen molar-refractivity contribution < 1.29 is 0 Å². The van der Waals surface area contributed by atoms with Crippen LogP contribution in [0.1, 0.15) is 11.1 Å². The zero-order valence-electron chi connectivity index (χ0n) is 9.35. The Morgan fingerprint density at radius 2 is 2.00 bits per heavy atom. The summed E-state index contributed by atoms with van der Waals surface area (Å²) in [7, 11) is 0. The van der Waals surface area contributed by atoms with Crippen molar-refractivity contribution >= 4 is 33.4 Å². The number of nitrogen functional groups attached to an aromatic ring is 1. The molecular formula is C12H12BrN3S. The molecule has 1 heterocycles. The SMILES string of the molecule is Cc1cnc(SCc2ccc(Br)cc2N)nc1. The van der Waals surface area contributed by atoms with Crippen LogP contribution in [-0.2, 0) is 5.75 Å². The Kier molecular flexibility index (Phi) is 4.02. The number of aryl methyl sites for hydroxylation is 1. The average Bonchev–Trinajstić information content (AvgIpc) is 2.30. The molecule has 0 saturated heterocycles. The Labute approximate surface area is 113 Å². The summed E-state index contributed by atoms with van der Waals surface area (Å²) in [5.41, 5.74) is 8.88. The first-order valence-electron chi connectivity index (χ1n) is 5.10. The molecular weight excluding hydrogens is 298 g/mol. The van der Waals surface area contributed by atoms with E-state index in [1.165, 1.54) is 0 Å². The van der Waals surface area contributed by atoms with Crippen molar-refractivity contribution in [3.8, 4) is 0 Å². The van der Waals surface area contributed by atoms with E-state index in [2.05, 4.69) is 25.9 Å². The van der Waals surface area contributed by atoms with Crippen molar-refractivity contribution in [2.75, 3.05) is 5.73 Å². The van der Waals surface area contributed by atoms with Gasteiger partial charge in [-0.2, -0.15) is 0 Å². The highest BCUT2D eigenvalue weighted by Crippen LogP contribution is 2.25. The van der Waals surface area contributed by atoms with Gasteiger partial charge >= 0.3 is 0 Å². The van der Waals surface area contributed by atoms with Crippen LogP contribution < -0.4 is 5.73 Å². The molecule has 0 unspecified atom stereocenters. The van der Waals surface area contributed by atoms with E-state index >= 15 is 0 Å². The topological polar surface area (TPSA) is 51.8 Å². The molecule has 0 aliphatic heterocycles. The molecule has 0 amide bonds. The number of anilines is 1. The molecule has 0 aliphatic carbocycles. The van der Waals surface area contributed by atoms with E-state index in [0.717, 1.165) is 32.2 Å². The molecule has 2 rings (SSSR count). The maximum absolute atomic E-state index is 5.93. The van der Waals surface area contributed by atoms with Gasteiger partial charge in [0.25, 0.3) is 0 Å². The lowest BCUT2D eigenvalue weighted by Gasteiger charge is -2.05. The third-order valence-corrected chi connectivity index (χ3v) is 3.64. The minimum absolute atomic E-state index is 0.776. The fraction of sp³-hybridized carbons (Fsp3) is 0.167. The summed E-state index contributed by atoms with van der Waals surface area (Å²) in [5, 5.41) is 0.776. The maximum atomic E-state index is 5.93. The molecule has 0 saturated carbocycles. The van der Waals surface area contributed by atoms with E-state index in [0.29, 0.717) is 0 Å². The number of hydrogen-bond donors (Lipinski definition) is 1. The molecule has 0 aliphatic rings. The van der Waals surface area contributed by atoms with Crippen LogP contribution in [0.3, 0.4) is 0 Å². The van der Waals surface area contributed by atoms with E-state index < -0.39 is 0 Å². The standard InChI is InChI=1S/C12H12BrN3S/c1-8-5-15-12(16-6-8)17-7-9-2-3-10(13)4-11(9)14/h2-6H,7,14H2,1H3. The summed E-state index contributed by atoms with van der Waals surface area (Å²) in [5.74, 6) is 0.780. The van der Waals surface area contributed by atoms with Gasteiger partial charge in [0, 0.05) is 28.3 Å². The second-order valence-corrected chi connectivity index (χ2v) is 5.53. The van der Waals surface area contributed by atoms with Gasteiger partial charge in [0.2, 0.25) is 0 Å². The molecule has 0 bridgehead atoms. The van der Waals surface area contributed by atoms with E-state index in [4.69, 9.17) is 5.73 Å². The fourth-order valence-corrected chi connectivity index (χ4v) is 2.48. The summed E-state index contributed by atoms with van der Waals surface area (Å²) in [6.45, 7) is 1.97. The van der Waals surface area contributed by atoms with Crippen LogP contribution in [0.2, 0.25) is 0 Å². The molecule has 3 nitrogen and oxygen atoms in total. The van der Waals surface area contributed by atoms with Crippen LogP contribution in [0.4, 0.5) is 5.69 Å². The number of nitrogens with zero attached hydrogens (tertiary/aromatic N) is 2. The minimum atomic E-state index is 0.776. The molecule has 1 aromatic heterocycles. The van der Waals surface area contributed by atoms with Crippen LogP contribution >= 0.6 is 27.7 Å². The highest BCUT2D eigenvalue weighted by Gasteiger charge is 2.03. The molecule has 17 heavy (non-hydrogen) atoms. The van der Waals surface area contributed by atoms with Gasteiger partial charge in [-0.3, -0.25) is 0 Å². The number of rotatable bonds is 3. The Morgan fingerprint density at radius 1 is 1.29 bits per heavy atom. The predicted molar refractivity (Wildman–Crippen MR) is 74.9 cm³/mol. The van der Waals surface area contributed by atoms with Crippen molar-refractivity contribution in [1.29, 1.82) is 0 Å². The maximum Gasteiger partial charge on any atom is 0.187 e. The zero-order valence-corrected chi connectivity index (χ0v) is 11.8. The second kappa shape index (κ2) is 5.51. The number of nitrogens with two attached hydrogens (primary N) is 1. The molecule has 5 heteroatoms. The highest BCUT2D eigenvalue weighted by molar-refractivity contribution is 9.10. The third-order valence-electron chi connectivity index (χ3n) is 2.22. The van der Waals surface area contributed by atoms with E-state index in [-0.39, 0.29) is 0 Å². The molecule has 0 fully saturated rings. The summed E-state index contributed by atoms with van der Waals surface area (Å²) >= 11 is 4.97. The fourth-order valence-electron chi connectivity index (χ4n) is 1.29. The third kappa shape index (κ3) is 3.44. The first-order valence-corrected chi connectivity index (χ1v) is 6.88. The van der Waals surface area contributed by atoms with Gasteiger partial charge in [-0.05, 0) is 30.2 Å². The largest absolute Gasteiger partial charge is 0.398 e. The monoisotopic (exact) mass is 309 g/mol. The van der Waals surface area contributed by atoms with Gasteiger partial charge in [0.05, 0.1) is 0 Å². The molecule has 1 aromatic carbocycles. The number of aromatic nitrogens is 2. The van der Waals surface area contributed by atoms with Crippen LogP contribution in [0.15, 0.2) is 40.2 Å².